The molecule has 140 valence electrons. The summed E-state index contributed by atoms with van der Waals surface area (Å²) in [6.07, 6.45) is 5.97. The van der Waals surface area contributed by atoms with E-state index < -0.39 is 0 Å². The molecule has 5 heteroatoms. The van der Waals surface area contributed by atoms with E-state index >= 15 is 0 Å². The van der Waals surface area contributed by atoms with E-state index in [1.54, 1.807) is 7.11 Å². The van der Waals surface area contributed by atoms with Crippen LogP contribution in [0.15, 0.2) is 18.2 Å². The quantitative estimate of drug-likeness (QED) is 0.669. The molecule has 2 rings (SSSR count). The average molecular weight is 348 g/mol. The minimum atomic E-state index is -0.0765. The third-order valence-corrected chi connectivity index (χ3v) is 4.90. The number of amides is 1. The standard InChI is InChI=1S/C20H32N2O3/c1-4-5-6-11-25-18-10-8-15(13-19(18)24-3)14(2)22-20(23)16-7-9-17(21)12-16/h8,10,13-14,16-17H,4-7,9,11-12,21H2,1-3H3,(H,22,23). The molecule has 25 heavy (non-hydrogen) atoms. The molecule has 3 atom stereocenters. The maximum Gasteiger partial charge on any atom is 0.223 e. The number of hydrogen-bond acceptors (Lipinski definition) is 4. The van der Waals surface area contributed by atoms with Crippen molar-refractivity contribution in [3.8, 4) is 11.5 Å². The molecule has 0 aliphatic heterocycles. The van der Waals surface area contributed by atoms with Crippen molar-refractivity contribution in [3.05, 3.63) is 23.8 Å². The summed E-state index contributed by atoms with van der Waals surface area (Å²) < 4.78 is 11.3. The largest absolute Gasteiger partial charge is 0.493 e. The van der Waals surface area contributed by atoms with Crippen LogP contribution in [0.1, 0.15) is 64.0 Å². The fourth-order valence-corrected chi connectivity index (χ4v) is 3.28. The minimum Gasteiger partial charge on any atom is -0.493 e. The summed E-state index contributed by atoms with van der Waals surface area (Å²) in [7, 11) is 1.64. The zero-order valence-electron chi connectivity index (χ0n) is 15.7. The summed E-state index contributed by atoms with van der Waals surface area (Å²) in [6.45, 7) is 4.85. The van der Waals surface area contributed by atoms with Crippen LogP contribution in [0.5, 0.6) is 11.5 Å². The molecule has 1 aromatic rings. The molecule has 0 saturated heterocycles. The lowest BCUT2D eigenvalue weighted by Gasteiger charge is -2.19. The summed E-state index contributed by atoms with van der Waals surface area (Å²) in [6, 6.07) is 5.94. The lowest BCUT2D eigenvalue weighted by Crippen LogP contribution is -2.32. The number of benzene rings is 1. The summed E-state index contributed by atoms with van der Waals surface area (Å²) in [5.41, 5.74) is 6.92. The first kappa shape index (κ1) is 19.6. The molecule has 0 aromatic heterocycles. The third-order valence-electron chi connectivity index (χ3n) is 4.90. The fraction of sp³-hybridized carbons (Fsp3) is 0.650. The lowest BCUT2D eigenvalue weighted by atomic mass is 10.0. The number of rotatable bonds is 9. The zero-order valence-corrected chi connectivity index (χ0v) is 15.7. The fourth-order valence-electron chi connectivity index (χ4n) is 3.28. The van der Waals surface area contributed by atoms with Gasteiger partial charge in [0.1, 0.15) is 0 Å². The molecule has 1 aliphatic rings. The van der Waals surface area contributed by atoms with Crippen molar-refractivity contribution in [2.24, 2.45) is 11.7 Å². The number of methoxy groups -OCH3 is 1. The average Bonchev–Trinajstić information content (AvgIpc) is 3.05. The van der Waals surface area contributed by atoms with Crippen molar-refractivity contribution < 1.29 is 14.3 Å². The van der Waals surface area contributed by atoms with E-state index in [2.05, 4.69) is 12.2 Å². The summed E-state index contributed by atoms with van der Waals surface area (Å²) >= 11 is 0. The third kappa shape index (κ3) is 5.63. The second-order valence-corrected chi connectivity index (χ2v) is 6.97. The molecule has 0 spiro atoms. The molecule has 3 N–H and O–H groups in total. The molecular formula is C20H32N2O3. The van der Waals surface area contributed by atoms with E-state index in [1.807, 2.05) is 25.1 Å². The Hall–Kier alpha value is -1.75. The van der Waals surface area contributed by atoms with Gasteiger partial charge in [0.25, 0.3) is 0 Å². The monoisotopic (exact) mass is 348 g/mol. The van der Waals surface area contributed by atoms with Crippen LogP contribution in [-0.4, -0.2) is 25.7 Å². The normalized spacial score (nSPS) is 21.0. The Morgan fingerprint density at radius 1 is 1.32 bits per heavy atom. The van der Waals surface area contributed by atoms with Crippen molar-refractivity contribution in [1.82, 2.24) is 5.32 Å². The number of carbonyl (C=O) groups excluding carboxylic acids is 1. The first-order chi connectivity index (χ1) is 12.0. The number of hydrogen-bond donors (Lipinski definition) is 2. The molecule has 3 unspecified atom stereocenters. The van der Waals surface area contributed by atoms with Gasteiger partial charge in [0.2, 0.25) is 5.91 Å². The molecule has 1 aromatic carbocycles. The van der Waals surface area contributed by atoms with Gasteiger partial charge >= 0.3 is 0 Å². The topological polar surface area (TPSA) is 73.6 Å². The van der Waals surface area contributed by atoms with Gasteiger partial charge in [-0.2, -0.15) is 0 Å². The van der Waals surface area contributed by atoms with Crippen molar-refractivity contribution in [3.63, 3.8) is 0 Å². The van der Waals surface area contributed by atoms with Gasteiger partial charge in [-0.05, 0) is 50.3 Å². The van der Waals surface area contributed by atoms with E-state index in [4.69, 9.17) is 15.2 Å². The van der Waals surface area contributed by atoms with Crippen LogP contribution in [0.3, 0.4) is 0 Å². The predicted molar refractivity (Wildman–Crippen MR) is 99.9 cm³/mol. The van der Waals surface area contributed by atoms with E-state index in [-0.39, 0.29) is 23.9 Å². The number of nitrogens with two attached hydrogens (primary N) is 1. The van der Waals surface area contributed by atoms with Gasteiger partial charge < -0.3 is 20.5 Å². The highest BCUT2D eigenvalue weighted by Gasteiger charge is 2.28. The van der Waals surface area contributed by atoms with Gasteiger partial charge in [-0.1, -0.05) is 25.8 Å². The molecule has 1 fully saturated rings. The Balaban J connectivity index is 1.95. The van der Waals surface area contributed by atoms with E-state index in [0.29, 0.717) is 12.4 Å². The first-order valence-corrected chi connectivity index (χ1v) is 9.41. The number of ether oxygens (including phenoxy) is 2. The highest BCUT2D eigenvalue weighted by atomic mass is 16.5. The van der Waals surface area contributed by atoms with Crippen molar-refractivity contribution >= 4 is 5.91 Å². The highest BCUT2D eigenvalue weighted by molar-refractivity contribution is 5.79. The highest BCUT2D eigenvalue weighted by Crippen LogP contribution is 2.31. The Morgan fingerprint density at radius 2 is 2.12 bits per heavy atom. The van der Waals surface area contributed by atoms with E-state index in [1.165, 1.54) is 6.42 Å². The van der Waals surface area contributed by atoms with Crippen molar-refractivity contribution in [2.45, 2.75) is 64.5 Å². The molecule has 1 aliphatic carbocycles. The second kappa shape index (κ2) is 9.66. The maximum absolute atomic E-state index is 12.4. The number of nitrogens with one attached hydrogen (secondary N) is 1. The van der Waals surface area contributed by atoms with Gasteiger partial charge in [0.05, 0.1) is 19.8 Å². The SMILES string of the molecule is CCCCCOc1ccc(C(C)NC(=O)C2CCC(N)C2)cc1OC. The summed E-state index contributed by atoms with van der Waals surface area (Å²) in [5.74, 6) is 1.60. The van der Waals surface area contributed by atoms with E-state index in [0.717, 1.165) is 43.4 Å². The van der Waals surface area contributed by atoms with Crippen LogP contribution >= 0.6 is 0 Å². The van der Waals surface area contributed by atoms with Crippen LogP contribution in [0.2, 0.25) is 0 Å². The lowest BCUT2D eigenvalue weighted by molar-refractivity contribution is -0.125. The Labute approximate surface area is 151 Å². The molecule has 1 saturated carbocycles. The van der Waals surface area contributed by atoms with Gasteiger partial charge in [-0.15, -0.1) is 0 Å². The Kier molecular flexibility index (Phi) is 7.56. The van der Waals surface area contributed by atoms with Crippen LogP contribution in [0.4, 0.5) is 0 Å². The zero-order chi connectivity index (χ0) is 18.2. The van der Waals surface area contributed by atoms with Crippen LogP contribution < -0.4 is 20.5 Å². The van der Waals surface area contributed by atoms with E-state index in [9.17, 15) is 4.79 Å². The predicted octanol–water partition coefficient (Wildman–Crippen LogP) is 3.57. The molecule has 0 bridgehead atoms. The first-order valence-electron chi connectivity index (χ1n) is 9.41. The van der Waals surface area contributed by atoms with Crippen molar-refractivity contribution in [2.75, 3.05) is 13.7 Å². The molecular weight excluding hydrogens is 316 g/mol. The minimum absolute atomic E-state index is 0.0421. The molecule has 0 heterocycles. The molecule has 0 radical (unpaired) electrons. The van der Waals surface area contributed by atoms with Crippen molar-refractivity contribution in [1.29, 1.82) is 0 Å². The molecule has 5 nitrogen and oxygen atoms in total. The van der Waals surface area contributed by atoms with Gasteiger partial charge in [0.15, 0.2) is 11.5 Å². The Morgan fingerprint density at radius 3 is 2.76 bits per heavy atom. The van der Waals surface area contributed by atoms with Gasteiger partial charge in [0, 0.05) is 12.0 Å². The van der Waals surface area contributed by atoms with Gasteiger partial charge in [-0.25, -0.2) is 0 Å². The smallest absolute Gasteiger partial charge is 0.223 e. The number of carbonyl (C=O) groups is 1. The Bertz CT molecular complexity index is 562. The van der Waals surface area contributed by atoms with Gasteiger partial charge in [-0.3, -0.25) is 4.79 Å². The molecule has 1 amide bonds. The van der Waals surface area contributed by atoms with Crippen LogP contribution in [0.25, 0.3) is 0 Å². The van der Waals surface area contributed by atoms with Crippen LogP contribution in [0, 0.1) is 5.92 Å². The maximum atomic E-state index is 12.4. The second-order valence-electron chi connectivity index (χ2n) is 6.97. The summed E-state index contributed by atoms with van der Waals surface area (Å²) in [5, 5.41) is 3.10. The summed E-state index contributed by atoms with van der Waals surface area (Å²) in [4.78, 5) is 12.4. The van der Waals surface area contributed by atoms with Crippen LogP contribution in [-0.2, 0) is 4.79 Å². The number of unbranched alkanes of at least 4 members (excludes halogenated alkanes) is 2.